The van der Waals surface area contributed by atoms with Crippen LogP contribution in [0.1, 0.15) is 13.8 Å². The molecular formula is C9H15N3. The van der Waals surface area contributed by atoms with Gasteiger partial charge in [0.25, 0.3) is 0 Å². The van der Waals surface area contributed by atoms with Gasteiger partial charge in [0.1, 0.15) is 0 Å². The van der Waals surface area contributed by atoms with Crippen molar-refractivity contribution in [1.29, 1.82) is 0 Å². The van der Waals surface area contributed by atoms with Gasteiger partial charge in [-0.3, -0.25) is 5.01 Å². The highest BCUT2D eigenvalue weighted by molar-refractivity contribution is 5.40. The third-order valence-corrected chi connectivity index (χ3v) is 1.75. The molecule has 3 heteroatoms. The van der Waals surface area contributed by atoms with Crippen molar-refractivity contribution in [3.05, 3.63) is 35.7 Å². The molecule has 0 atom stereocenters. The molecule has 0 bridgehead atoms. The van der Waals surface area contributed by atoms with Gasteiger partial charge in [0.05, 0.1) is 11.4 Å². The van der Waals surface area contributed by atoms with E-state index in [1.807, 2.05) is 25.9 Å². The molecule has 0 aromatic carbocycles. The molecule has 1 aliphatic heterocycles. The number of nitrogens with one attached hydrogen (secondary N) is 2. The van der Waals surface area contributed by atoms with Crippen molar-refractivity contribution in [3.8, 4) is 0 Å². The van der Waals surface area contributed by atoms with E-state index >= 15 is 0 Å². The fraction of sp³-hybridized carbons (Fsp3) is 0.333. The molecule has 0 aromatic rings. The fourth-order valence-electron chi connectivity index (χ4n) is 1.23. The average molecular weight is 165 g/mol. The summed E-state index contributed by atoms with van der Waals surface area (Å²) >= 11 is 0. The third-order valence-electron chi connectivity index (χ3n) is 1.75. The Morgan fingerprint density at radius 1 is 1.25 bits per heavy atom. The third kappa shape index (κ3) is 1.36. The number of allylic oxidation sites excluding steroid dienone is 2. The Hall–Kier alpha value is -1.22. The van der Waals surface area contributed by atoms with Crippen LogP contribution in [0.15, 0.2) is 35.7 Å². The van der Waals surface area contributed by atoms with Crippen LogP contribution in [0.3, 0.4) is 0 Å². The van der Waals surface area contributed by atoms with Gasteiger partial charge in [-0.15, -0.1) is 5.53 Å². The summed E-state index contributed by atoms with van der Waals surface area (Å²) in [5.74, 6) is 0. The number of hydrogen-bond donors (Lipinski definition) is 2. The summed E-state index contributed by atoms with van der Waals surface area (Å²) in [5, 5.41) is 1.90. The van der Waals surface area contributed by atoms with Crippen molar-refractivity contribution < 1.29 is 0 Å². The second-order valence-electron chi connectivity index (χ2n) is 3.08. The van der Waals surface area contributed by atoms with Gasteiger partial charge in [-0.1, -0.05) is 13.2 Å². The van der Waals surface area contributed by atoms with Crippen LogP contribution >= 0.6 is 0 Å². The molecule has 0 saturated heterocycles. The first kappa shape index (κ1) is 8.87. The number of nitrogens with zero attached hydrogens (tertiary/aromatic N) is 1. The highest BCUT2D eigenvalue weighted by atomic mass is 15.7. The van der Waals surface area contributed by atoms with Crippen molar-refractivity contribution in [1.82, 2.24) is 16.0 Å². The normalized spacial score (nSPS) is 16.4. The summed E-state index contributed by atoms with van der Waals surface area (Å²) < 4.78 is 0. The van der Waals surface area contributed by atoms with Crippen LogP contribution in [0.4, 0.5) is 0 Å². The van der Waals surface area contributed by atoms with E-state index in [1.54, 1.807) is 0 Å². The second-order valence-corrected chi connectivity index (χ2v) is 3.08. The SMILES string of the molecule is C=C(C)C1=C(C(=C)C)N(C)NN1. The van der Waals surface area contributed by atoms with E-state index in [1.165, 1.54) is 0 Å². The second kappa shape index (κ2) is 3.03. The highest BCUT2D eigenvalue weighted by Gasteiger charge is 2.18. The Morgan fingerprint density at radius 3 is 2.17 bits per heavy atom. The Morgan fingerprint density at radius 2 is 1.83 bits per heavy atom. The number of likely N-dealkylation sites (N-methyl/N-ethyl adjacent to an activating group) is 1. The van der Waals surface area contributed by atoms with Crippen molar-refractivity contribution in [2.75, 3.05) is 7.05 Å². The smallest absolute Gasteiger partial charge is 0.0805 e. The maximum atomic E-state index is 3.90. The summed E-state index contributed by atoms with van der Waals surface area (Å²) in [6.45, 7) is 11.7. The van der Waals surface area contributed by atoms with E-state index in [2.05, 4.69) is 24.1 Å². The van der Waals surface area contributed by atoms with Crippen LogP contribution in [-0.4, -0.2) is 12.1 Å². The van der Waals surface area contributed by atoms with Gasteiger partial charge in [0, 0.05) is 7.05 Å². The van der Waals surface area contributed by atoms with Crippen molar-refractivity contribution in [3.63, 3.8) is 0 Å². The fourth-order valence-corrected chi connectivity index (χ4v) is 1.23. The minimum absolute atomic E-state index is 1.00. The molecule has 0 fully saturated rings. The lowest BCUT2D eigenvalue weighted by atomic mass is 10.1. The van der Waals surface area contributed by atoms with Gasteiger partial charge in [-0.25, -0.2) is 0 Å². The molecule has 0 aromatic heterocycles. The Kier molecular flexibility index (Phi) is 2.24. The van der Waals surface area contributed by atoms with Crippen molar-refractivity contribution >= 4 is 0 Å². The molecule has 0 radical (unpaired) electrons. The van der Waals surface area contributed by atoms with Crippen LogP contribution < -0.4 is 11.0 Å². The summed E-state index contributed by atoms with van der Waals surface area (Å²) in [6.07, 6.45) is 0. The van der Waals surface area contributed by atoms with Crippen LogP contribution in [0.25, 0.3) is 0 Å². The lowest BCUT2D eigenvalue weighted by Gasteiger charge is -2.14. The van der Waals surface area contributed by atoms with E-state index < -0.39 is 0 Å². The van der Waals surface area contributed by atoms with E-state index in [0.717, 1.165) is 22.5 Å². The van der Waals surface area contributed by atoms with E-state index in [9.17, 15) is 0 Å². The van der Waals surface area contributed by atoms with Gasteiger partial charge in [-0.05, 0) is 25.0 Å². The maximum absolute atomic E-state index is 3.90. The molecule has 12 heavy (non-hydrogen) atoms. The predicted octanol–water partition coefficient (Wildman–Crippen LogP) is 1.30. The highest BCUT2D eigenvalue weighted by Crippen LogP contribution is 2.21. The zero-order chi connectivity index (χ0) is 9.30. The molecule has 0 amide bonds. The monoisotopic (exact) mass is 165 g/mol. The molecule has 0 unspecified atom stereocenters. The number of rotatable bonds is 2. The zero-order valence-corrected chi connectivity index (χ0v) is 7.86. The van der Waals surface area contributed by atoms with Crippen molar-refractivity contribution in [2.24, 2.45) is 0 Å². The van der Waals surface area contributed by atoms with Crippen LogP contribution in [0, 0.1) is 0 Å². The van der Waals surface area contributed by atoms with Gasteiger partial charge in [0.2, 0.25) is 0 Å². The Labute approximate surface area is 73.4 Å². The quantitative estimate of drug-likeness (QED) is 0.646. The molecule has 1 aliphatic rings. The minimum Gasteiger partial charge on any atom is -0.301 e. The lowest BCUT2D eigenvalue weighted by molar-refractivity contribution is 0.310. The van der Waals surface area contributed by atoms with E-state index in [4.69, 9.17) is 0 Å². The zero-order valence-electron chi connectivity index (χ0n) is 7.86. The molecule has 0 saturated carbocycles. The molecular weight excluding hydrogens is 150 g/mol. The Balaban J connectivity index is 3.06. The summed E-state index contributed by atoms with van der Waals surface area (Å²) in [5.41, 5.74) is 10.1. The average Bonchev–Trinajstić information content (AvgIpc) is 2.30. The molecule has 1 heterocycles. The molecule has 0 aliphatic carbocycles. The summed E-state index contributed by atoms with van der Waals surface area (Å²) in [4.78, 5) is 0. The van der Waals surface area contributed by atoms with Crippen LogP contribution in [0.5, 0.6) is 0 Å². The Bertz CT molecular complexity index is 263. The molecule has 3 nitrogen and oxygen atoms in total. The largest absolute Gasteiger partial charge is 0.301 e. The van der Waals surface area contributed by atoms with Crippen LogP contribution in [-0.2, 0) is 0 Å². The van der Waals surface area contributed by atoms with E-state index in [0.29, 0.717) is 0 Å². The summed E-state index contributed by atoms with van der Waals surface area (Å²) in [7, 11) is 1.94. The van der Waals surface area contributed by atoms with Gasteiger partial charge >= 0.3 is 0 Å². The number of hydrogen-bond acceptors (Lipinski definition) is 3. The topological polar surface area (TPSA) is 27.3 Å². The first-order valence-corrected chi connectivity index (χ1v) is 3.85. The van der Waals surface area contributed by atoms with Gasteiger partial charge in [0.15, 0.2) is 0 Å². The molecule has 66 valence electrons. The van der Waals surface area contributed by atoms with E-state index in [-0.39, 0.29) is 0 Å². The van der Waals surface area contributed by atoms with Gasteiger partial charge < -0.3 is 5.43 Å². The molecule has 1 rings (SSSR count). The van der Waals surface area contributed by atoms with Crippen molar-refractivity contribution in [2.45, 2.75) is 13.8 Å². The molecule has 0 spiro atoms. The van der Waals surface area contributed by atoms with Gasteiger partial charge in [-0.2, -0.15) is 0 Å². The lowest BCUT2D eigenvalue weighted by Crippen LogP contribution is -2.34. The first-order chi connectivity index (χ1) is 5.54. The molecule has 2 N–H and O–H groups in total. The summed E-state index contributed by atoms with van der Waals surface area (Å²) in [6, 6.07) is 0. The van der Waals surface area contributed by atoms with Crippen LogP contribution in [0.2, 0.25) is 0 Å². The predicted molar refractivity (Wildman–Crippen MR) is 50.7 cm³/mol. The number of hydrazine groups is 2. The minimum atomic E-state index is 1.00. The standard InChI is InChI=1S/C9H15N3/c1-6(2)8-9(7(3)4)12(5)11-10-8/h10-11H,1,3H2,2,4-5H3. The maximum Gasteiger partial charge on any atom is 0.0805 e. The first-order valence-electron chi connectivity index (χ1n) is 3.85.